The molecule has 0 radical (unpaired) electrons. The molecule has 0 unspecified atom stereocenters. The summed E-state index contributed by atoms with van der Waals surface area (Å²) in [7, 11) is 1.59. The molecule has 0 heterocycles. The van der Waals surface area contributed by atoms with E-state index in [1.807, 2.05) is 38.1 Å². The average Bonchev–Trinajstić information content (AvgIpc) is 2.59. The van der Waals surface area contributed by atoms with Crippen molar-refractivity contribution >= 4 is 23.2 Å². The number of rotatable bonds is 6. The molecule has 7 heteroatoms. The van der Waals surface area contributed by atoms with Crippen LogP contribution in [0.2, 0.25) is 5.02 Å². The molecule has 132 valence electrons. The van der Waals surface area contributed by atoms with Crippen LogP contribution in [0.15, 0.2) is 42.5 Å². The Kier molecular flexibility index (Phi) is 5.98. The van der Waals surface area contributed by atoms with E-state index < -0.39 is 10.8 Å². The lowest BCUT2D eigenvalue weighted by Crippen LogP contribution is -2.31. The summed E-state index contributed by atoms with van der Waals surface area (Å²) in [5.41, 5.74) is 0.822. The molecule has 6 nitrogen and oxygen atoms in total. The molecule has 0 spiro atoms. The monoisotopic (exact) mass is 362 g/mol. The smallest absolute Gasteiger partial charge is 0.288 e. The van der Waals surface area contributed by atoms with Crippen LogP contribution in [0.1, 0.15) is 35.8 Å². The number of ether oxygens (including phenoxy) is 1. The van der Waals surface area contributed by atoms with E-state index in [0.717, 1.165) is 11.3 Å². The maximum Gasteiger partial charge on any atom is 0.288 e. The van der Waals surface area contributed by atoms with Crippen LogP contribution in [0.5, 0.6) is 5.75 Å². The predicted octanol–water partition coefficient (Wildman–Crippen LogP) is 4.38. The van der Waals surface area contributed by atoms with Crippen molar-refractivity contribution in [2.75, 3.05) is 7.11 Å². The van der Waals surface area contributed by atoms with E-state index in [1.54, 1.807) is 7.11 Å². The van der Waals surface area contributed by atoms with Gasteiger partial charge in [0, 0.05) is 11.6 Å². The van der Waals surface area contributed by atoms with Crippen LogP contribution in [0.4, 0.5) is 5.69 Å². The van der Waals surface area contributed by atoms with Crippen LogP contribution in [0, 0.1) is 16.0 Å². The Balaban J connectivity index is 2.25. The first-order chi connectivity index (χ1) is 11.8. The number of carbonyl (C=O) groups excluding carboxylic acids is 1. The van der Waals surface area contributed by atoms with Gasteiger partial charge in [-0.1, -0.05) is 37.6 Å². The Morgan fingerprint density at radius 3 is 2.36 bits per heavy atom. The SMILES string of the molecule is COc1ccc([C@@H](NC(=O)c2ccc(Cl)c([N+](=O)[O-])c2)C(C)C)cc1. The number of amides is 1. The van der Waals surface area contributed by atoms with Crippen LogP contribution in [-0.2, 0) is 0 Å². The van der Waals surface area contributed by atoms with Gasteiger partial charge in [0.2, 0.25) is 0 Å². The number of nitrogens with zero attached hydrogens (tertiary/aromatic N) is 1. The van der Waals surface area contributed by atoms with Gasteiger partial charge in [-0.3, -0.25) is 14.9 Å². The van der Waals surface area contributed by atoms with E-state index in [9.17, 15) is 14.9 Å². The average molecular weight is 363 g/mol. The van der Waals surface area contributed by atoms with Crippen LogP contribution in [0.25, 0.3) is 0 Å². The fourth-order valence-electron chi connectivity index (χ4n) is 2.46. The van der Waals surface area contributed by atoms with Gasteiger partial charge in [0.25, 0.3) is 11.6 Å². The lowest BCUT2D eigenvalue weighted by molar-refractivity contribution is -0.384. The van der Waals surface area contributed by atoms with Crippen LogP contribution >= 0.6 is 11.6 Å². The normalized spacial score (nSPS) is 11.9. The van der Waals surface area contributed by atoms with Crippen molar-refractivity contribution < 1.29 is 14.5 Å². The minimum absolute atomic E-state index is 0.00267. The molecule has 2 aromatic carbocycles. The highest BCUT2D eigenvalue weighted by molar-refractivity contribution is 6.32. The molecule has 0 fully saturated rings. The number of nitro benzene ring substituents is 1. The summed E-state index contributed by atoms with van der Waals surface area (Å²) in [5, 5.41) is 13.9. The number of carbonyl (C=O) groups is 1. The number of nitrogens with one attached hydrogen (secondary N) is 1. The molecule has 0 saturated carbocycles. The first kappa shape index (κ1) is 18.7. The van der Waals surface area contributed by atoms with E-state index in [2.05, 4.69) is 5.32 Å². The third-order valence-electron chi connectivity index (χ3n) is 3.83. The van der Waals surface area contributed by atoms with Gasteiger partial charge in [-0.2, -0.15) is 0 Å². The second-order valence-corrected chi connectivity index (χ2v) is 6.30. The number of benzene rings is 2. The second kappa shape index (κ2) is 7.98. The second-order valence-electron chi connectivity index (χ2n) is 5.89. The van der Waals surface area contributed by atoms with Gasteiger partial charge in [-0.15, -0.1) is 0 Å². The molecule has 2 rings (SSSR count). The summed E-state index contributed by atoms with van der Waals surface area (Å²) in [6.45, 7) is 3.97. The highest BCUT2D eigenvalue weighted by Crippen LogP contribution is 2.27. The van der Waals surface area contributed by atoms with Gasteiger partial charge in [0.15, 0.2) is 0 Å². The third kappa shape index (κ3) is 4.48. The number of hydrogen-bond donors (Lipinski definition) is 1. The van der Waals surface area contributed by atoms with Crippen LogP contribution in [-0.4, -0.2) is 17.9 Å². The van der Waals surface area contributed by atoms with Crippen molar-refractivity contribution in [3.63, 3.8) is 0 Å². The molecular formula is C18H19ClN2O4. The lowest BCUT2D eigenvalue weighted by Gasteiger charge is -2.23. The highest BCUT2D eigenvalue weighted by atomic mass is 35.5. The van der Waals surface area contributed by atoms with E-state index >= 15 is 0 Å². The molecular weight excluding hydrogens is 344 g/mol. The van der Waals surface area contributed by atoms with Crippen molar-refractivity contribution in [1.82, 2.24) is 5.32 Å². The minimum Gasteiger partial charge on any atom is -0.497 e. The quantitative estimate of drug-likeness (QED) is 0.610. The van der Waals surface area contributed by atoms with Crippen LogP contribution < -0.4 is 10.1 Å². The highest BCUT2D eigenvalue weighted by Gasteiger charge is 2.21. The maximum absolute atomic E-state index is 12.5. The van der Waals surface area contributed by atoms with Gasteiger partial charge in [0.05, 0.1) is 18.1 Å². The van der Waals surface area contributed by atoms with Gasteiger partial charge in [-0.25, -0.2) is 0 Å². The Morgan fingerprint density at radius 1 is 1.20 bits per heavy atom. The third-order valence-corrected chi connectivity index (χ3v) is 4.15. The maximum atomic E-state index is 12.5. The Labute approximate surface area is 150 Å². The number of hydrogen-bond acceptors (Lipinski definition) is 4. The number of nitro groups is 1. The molecule has 0 saturated heterocycles. The summed E-state index contributed by atoms with van der Waals surface area (Å²) in [4.78, 5) is 22.9. The Morgan fingerprint density at radius 2 is 1.84 bits per heavy atom. The molecule has 0 aromatic heterocycles. The zero-order chi connectivity index (χ0) is 18.6. The zero-order valence-electron chi connectivity index (χ0n) is 14.2. The Bertz CT molecular complexity index is 775. The molecule has 0 aliphatic heterocycles. The molecule has 0 bridgehead atoms. The molecule has 0 aliphatic rings. The van der Waals surface area contributed by atoms with Gasteiger partial charge in [0.1, 0.15) is 10.8 Å². The van der Waals surface area contributed by atoms with E-state index in [-0.39, 0.29) is 28.2 Å². The van der Waals surface area contributed by atoms with E-state index in [0.29, 0.717) is 0 Å². The Hall–Kier alpha value is -2.60. The summed E-state index contributed by atoms with van der Waals surface area (Å²) in [5.74, 6) is 0.458. The standard InChI is InChI=1S/C18H19ClN2O4/c1-11(2)17(12-4-7-14(25-3)8-5-12)20-18(22)13-6-9-15(19)16(10-13)21(23)24/h4-11,17H,1-3H3,(H,20,22)/t17-/m0/s1. The first-order valence-electron chi connectivity index (χ1n) is 7.72. The number of methoxy groups -OCH3 is 1. The fraction of sp³-hybridized carbons (Fsp3) is 0.278. The van der Waals surface area contributed by atoms with Crippen molar-refractivity contribution in [2.45, 2.75) is 19.9 Å². The van der Waals surface area contributed by atoms with E-state index in [4.69, 9.17) is 16.3 Å². The van der Waals surface area contributed by atoms with Crippen molar-refractivity contribution in [1.29, 1.82) is 0 Å². The van der Waals surface area contributed by atoms with E-state index in [1.165, 1.54) is 18.2 Å². The summed E-state index contributed by atoms with van der Waals surface area (Å²) in [6.07, 6.45) is 0. The summed E-state index contributed by atoms with van der Waals surface area (Å²) < 4.78 is 5.14. The molecule has 2 aromatic rings. The topological polar surface area (TPSA) is 81.5 Å². The van der Waals surface area contributed by atoms with Gasteiger partial charge < -0.3 is 10.1 Å². The van der Waals surface area contributed by atoms with Crippen molar-refractivity contribution in [3.05, 3.63) is 68.7 Å². The minimum atomic E-state index is -0.609. The lowest BCUT2D eigenvalue weighted by atomic mass is 9.95. The molecule has 0 aliphatic carbocycles. The van der Waals surface area contributed by atoms with Gasteiger partial charge >= 0.3 is 0 Å². The molecule has 1 atom stereocenters. The predicted molar refractivity (Wildman–Crippen MR) is 96.1 cm³/mol. The number of halogens is 1. The zero-order valence-corrected chi connectivity index (χ0v) is 14.9. The summed E-state index contributed by atoms with van der Waals surface area (Å²) in [6, 6.07) is 11.2. The largest absolute Gasteiger partial charge is 0.497 e. The van der Waals surface area contributed by atoms with Crippen LogP contribution in [0.3, 0.4) is 0 Å². The fourth-order valence-corrected chi connectivity index (χ4v) is 2.65. The van der Waals surface area contributed by atoms with Gasteiger partial charge in [-0.05, 0) is 35.7 Å². The summed E-state index contributed by atoms with van der Waals surface area (Å²) >= 11 is 5.79. The molecule has 25 heavy (non-hydrogen) atoms. The molecule has 1 N–H and O–H groups in total. The van der Waals surface area contributed by atoms with Crippen molar-refractivity contribution in [3.8, 4) is 5.75 Å². The first-order valence-corrected chi connectivity index (χ1v) is 8.10. The van der Waals surface area contributed by atoms with Crippen molar-refractivity contribution in [2.24, 2.45) is 5.92 Å². The molecule has 1 amide bonds.